The molecule has 0 bridgehead atoms. The van der Waals surface area contributed by atoms with Crippen LogP contribution in [0.15, 0.2) is 41.4 Å². The second-order valence-electron chi connectivity index (χ2n) is 6.84. The molecular weight excluding hydrogens is 388 g/mol. The summed E-state index contributed by atoms with van der Waals surface area (Å²) in [6.45, 7) is 6.34. The second kappa shape index (κ2) is 8.29. The first-order valence-corrected chi connectivity index (χ1v) is 10.8. The van der Waals surface area contributed by atoms with Crippen LogP contribution in [0.4, 0.5) is 5.69 Å². The topological polar surface area (TPSA) is 59.1 Å². The van der Waals surface area contributed by atoms with Crippen molar-refractivity contribution >= 4 is 34.4 Å². The first kappa shape index (κ1) is 19.5. The number of ether oxygens (including phenoxy) is 2. The maximum absolute atomic E-state index is 13.4. The standard InChI is InChI=1S/C22H24N2O4S/c1-3-27-16-10-9-15(14-17(16)28-4-2)24-21(25)19(18-8-7-13-29-18)20(22(24)26)23-11-5-6-12-23/h7-10,13-14H,3-6,11-12H2,1-2H3. The third-order valence-electron chi connectivity index (χ3n) is 5.03. The highest BCUT2D eigenvalue weighted by molar-refractivity contribution is 7.11. The number of carbonyl (C=O) groups is 2. The average Bonchev–Trinajstić information content (AvgIpc) is 3.45. The Kier molecular flexibility index (Phi) is 5.58. The van der Waals surface area contributed by atoms with E-state index in [1.54, 1.807) is 18.2 Å². The second-order valence-corrected chi connectivity index (χ2v) is 7.79. The van der Waals surface area contributed by atoms with Gasteiger partial charge in [0.1, 0.15) is 5.70 Å². The fourth-order valence-corrected chi connectivity index (χ4v) is 4.57. The SMILES string of the molecule is CCOc1ccc(N2C(=O)C(c3cccs3)=C(N3CCCC3)C2=O)cc1OCC. The molecule has 0 atom stereocenters. The van der Waals surface area contributed by atoms with Crippen LogP contribution in [0.25, 0.3) is 5.57 Å². The Morgan fingerprint density at radius 2 is 1.69 bits per heavy atom. The van der Waals surface area contributed by atoms with E-state index in [9.17, 15) is 9.59 Å². The monoisotopic (exact) mass is 412 g/mol. The van der Waals surface area contributed by atoms with Gasteiger partial charge in [0, 0.05) is 24.0 Å². The van der Waals surface area contributed by atoms with Crippen LogP contribution in [0.2, 0.25) is 0 Å². The summed E-state index contributed by atoms with van der Waals surface area (Å²) in [5.41, 5.74) is 1.51. The van der Waals surface area contributed by atoms with E-state index in [4.69, 9.17) is 9.47 Å². The van der Waals surface area contributed by atoms with Crippen molar-refractivity contribution in [1.82, 2.24) is 4.90 Å². The molecule has 0 unspecified atom stereocenters. The van der Waals surface area contributed by atoms with Gasteiger partial charge < -0.3 is 14.4 Å². The molecule has 0 radical (unpaired) electrons. The molecule has 0 N–H and O–H groups in total. The van der Waals surface area contributed by atoms with Gasteiger partial charge >= 0.3 is 0 Å². The van der Waals surface area contributed by atoms with Gasteiger partial charge in [-0.05, 0) is 50.3 Å². The molecule has 2 aromatic rings. The fraction of sp³-hybridized carbons (Fsp3) is 0.364. The number of amides is 2. The first-order valence-electron chi connectivity index (χ1n) is 9.97. The molecule has 0 aliphatic carbocycles. The molecule has 3 heterocycles. The van der Waals surface area contributed by atoms with Gasteiger partial charge in [-0.25, -0.2) is 4.90 Å². The Bertz CT molecular complexity index is 946. The Balaban J connectivity index is 1.76. The van der Waals surface area contributed by atoms with E-state index < -0.39 is 0 Å². The summed E-state index contributed by atoms with van der Waals surface area (Å²) < 4.78 is 11.3. The first-order chi connectivity index (χ1) is 14.2. The van der Waals surface area contributed by atoms with Crippen molar-refractivity contribution in [3.63, 3.8) is 0 Å². The molecule has 152 valence electrons. The minimum Gasteiger partial charge on any atom is -0.490 e. The van der Waals surface area contributed by atoms with Gasteiger partial charge in [0.25, 0.3) is 11.8 Å². The molecule has 1 aromatic heterocycles. The van der Waals surface area contributed by atoms with Crippen molar-refractivity contribution < 1.29 is 19.1 Å². The van der Waals surface area contributed by atoms with Crippen LogP contribution in [0.5, 0.6) is 11.5 Å². The number of anilines is 1. The van der Waals surface area contributed by atoms with Crippen LogP contribution >= 0.6 is 11.3 Å². The minimum absolute atomic E-state index is 0.271. The van der Waals surface area contributed by atoms with Crippen molar-refractivity contribution in [3.05, 3.63) is 46.3 Å². The predicted octanol–water partition coefficient (Wildman–Crippen LogP) is 3.93. The number of likely N-dealkylation sites (tertiary alicyclic amines) is 1. The highest BCUT2D eigenvalue weighted by Gasteiger charge is 2.43. The summed E-state index contributed by atoms with van der Waals surface area (Å²) in [6, 6.07) is 9.00. The summed E-state index contributed by atoms with van der Waals surface area (Å²) in [4.78, 5) is 31.0. The van der Waals surface area contributed by atoms with Crippen molar-refractivity contribution in [1.29, 1.82) is 0 Å². The number of hydrogen-bond donors (Lipinski definition) is 0. The predicted molar refractivity (Wildman–Crippen MR) is 113 cm³/mol. The Morgan fingerprint density at radius 1 is 0.966 bits per heavy atom. The fourth-order valence-electron chi connectivity index (χ4n) is 3.81. The molecule has 1 fully saturated rings. The number of benzene rings is 1. The van der Waals surface area contributed by atoms with Gasteiger partial charge in [0.15, 0.2) is 11.5 Å². The van der Waals surface area contributed by atoms with Crippen molar-refractivity contribution in [2.75, 3.05) is 31.2 Å². The van der Waals surface area contributed by atoms with Crippen LogP contribution in [-0.4, -0.2) is 43.0 Å². The highest BCUT2D eigenvalue weighted by Crippen LogP contribution is 2.40. The zero-order valence-corrected chi connectivity index (χ0v) is 17.5. The third-order valence-corrected chi connectivity index (χ3v) is 5.92. The van der Waals surface area contributed by atoms with Gasteiger partial charge in [-0.2, -0.15) is 0 Å². The molecular formula is C22H24N2O4S. The molecule has 2 aliphatic heterocycles. The van der Waals surface area contributed by atoms with E-state index in [1.807, 2.05) is 36.3 Å². The largest absolute Gasteiger partial charge is 0.490 e. The molecule has 4 rings (SSSR count). The van der Waals surface area contributed by atoms with Gasteiger partial charge in [0.05, 0.1) is 24.5 Å². The van der Waals surface area contributed by atoms with E-state index in [2.05, 4.69) is 0 Å². The lowest BCUT2D eigenvalue weighted by Crippen LogP contribution is -2.34. The van der Waals surface area contributed by atoms with Crippen molar-refractivity contribution in [2.45, 2.75) is 26.7 Å². The highest BCUT2D eigenvalue weighted by atomic mass is 32.1. The van der Waals surface area contributed by atoms with E-state index >= 15 is 0 Å². The molecule has 6 nitrogen and oxygen atoms in total. The number of rotatable bonds is 7. The van der Waals surface area contributed by atoms with E-state index in [0.717, 1.165) is 30.8 Å². The van der Waals surface area contributed by atoms with Gasteiger partial charge in [-0.1, -0.05) is 6.07 Å². The zero-order valence-electron chi connectivity index (χ0n) is 16.6. The molecule has 2 amide bonds. The normalized spacial score (nSPS) is 16.9. The summed E-state index contributed by atoms with van der Waals surface area (Å²) in [6.07, 6.45) is 2.06. The number of thiophene rings is 1. The Hall–Kier alpha value is -2.80. The summed E-state index contributed by atoms with van der Waals surface area (Å²) >= 11 is 1.48. The summed E-state index contributed by atoms with van der Waals surface area (Å²) in [5, 5.41) is 1.93. The van der Waals surface area contributed by atoms with E-state index in [0.29, 0.717) is 41.7 Å². The quantitative estimate of drug-likeness (QED) is 0.645. The summed E-state index contributed by atoms with van der Waals surface area (Å²) in [7, 11) is 0. The summed E-state index contributed by atoms with van der Waals surface area (Å²) in [5.74, 6) is 0.570. The molecule has 1 saturated heterocycles. The molecule has 0 spiro atoms. The average molecular weight is 413 g/mol. The molecule has 7 heteroatoms. The van der Waals surface area contributed by atoms with Crippen LogP contribution in [0, 0.1) is 0 Å². The van der Waals surface area contributed by atoms with Gasteiger partial charge in [0.2, 0.25) is 0 Å². The Morgan fingerprint density at radius 3 is 2.34 bits per heavy atom. The lowest BCUT2D eigenvalue weighted by atomic mass is 10.2. The number of carbonyl (C=O) groups excluding carboxylic acids is 2. The van der Waals surface area contributed by atoms with E-state index in [-0.39, 0.29) is 11.8 Å². The minimum atomic E-state index is -0.286. The maximum Gasteiger partial charge on any atom is 0.282 e. The lowest BCUT2D eigenvalue weighted by Gasteiger charge is -2.21. The van der Waals surface area contributed by atoms with Crippen molar-refractivity contribution in [2.24, 2.45) is 0 Å². The van der Waals surface area contributed by atoms with Gasteiger partial charge in [-0.15, -0.1) is 11.3 Å². The molecule has 0 saturated carbocycles. The smallest absolute Gasteiger partial charge is 0.282 e. The molecule has 2 aliphatic rings. The van der Waals surface area contributed by atoms with Crippen LogP contribution < -0.4 is 14.4 Å². The maximum atomic E-state index is 13.4. The molecule has 29 heavy (non-hydrogen) atoms. The lowest BCUT2D eigenvalue weighted by molar-refractivity contribution is -0.120. The van der Waals surface area contributed by atoms with Crippen molar-refractivity contribution in [3.8, 4) is 11.5 Å². The van der Waals surface area contributed by atoms with Gasteiger partial charge in [-0.3, -0.25) is 9.59 Å². The van der Waals surface area contributed by atoms with E-state index in [1.165, 1.54) is 16.2 Å². The number of hydrogen-bond acceptors (Lipinski definition) is 6. The molecule has 1 aromatic carbocycles. The third kappa shape index (κ3) is 3.51. The zero-order chi connectivity index (χ0) is 20.4. The van der Waals surface area contributed by atoms with Crippen LogP contribution in [0.3, 0.4) is 0 Å². The number of nitrogens with zero attached hydrogens (tertiary/aromatic N) is 2. The Labute approximate surface area is 174 Å². The van der Waals surface area contributed by atoms with Crippen LogP contribution in [0.1, 0.15) is 31.6 Å². The van der Waals surface area contributed by atoms with Crippen LogP contribution in [-0.2, 0) is 9.59 Å². The number of imide groups is 1.